The van der Waals surface area contributed by atoms with Crippen molar-refractivity contribution < 1.29 is 9.59 Å². The molecule has 0 spiro atoms. The van der Waals surface area contributed by atoms with E-state index in [1.54, 1.807) is 6.92 Å². The van der Waals surface area contributed by atoms with E-state index in [0.717, 1.165) is 0 Å². The first-order chi connectivity index (χ1) is 7.04. The van der Waals surface area contributed by atoms with Gasteiger partial charge in [-0.05, 0) is 13.3 Å². The van der Waals surface area contributed by atoms with Crippen LogP contribution in [0, 0.1) is 0 Å². The number of hydrogen-bond acceptors (Lipinski definition) is 5. The first-order valence-electron chi connectivity index (χ1n) is 4.95. The molecule has 1 heterocycles. The molecule has 0 radical (unpaired) electrons. The van der Waals surface area contributed by atoms with Crippen molar-refractivity contribution in [2.45, 2.75) is 31.5 Å². The standard InChI is InChI=1S/C9H17N3O2S/c1-5(13)8-2-6(3-11-8)12-9(14)7(10)4-15/h6-8,11,15H,2-4,10H2,1H3,(H,12,14)/t6-,7?,8+/m1/s1. The fraction of sp³-hybridized carbons (Fsp3) is 0.778. The van der Waals surface area contributed by atoms with Crippen molar-refractivity contribution in [1.82, 2.24) is 10.6 Å². The molecular weight excluding hydrogens is 214 g/mol. The van der Waals surface area contributed by atoms with E-state index in [4.69, 9.17) is 5.73 Å². The predicted molar refractivity (Wildman–Crippen MR) is 60.8 cm³/mol. The summed E-state index contributed by atoms with van der Waals surface area (Å²) in [6, 6.07) is -0.718. The first kappa shape index (κ1) is 12.5. The Morgan fingerprint density at radius 3 is 2.80 bits per heavy atom. The van der Waals surface area contributed by atoms with Gasteiger partial charge in [0.15, 0.2) is 0 Å². The minimum atomic E-state index is -0.579. The maximum Gasteiger partial charge on any atom is 0.238 e. The molecule has 1 amide bonds. The predicted octanol–water partition coefficient (Wildman–Crippen LogP) is -1.32. The van der Waals surface area contributed by atoms with Crippen molar-refractivity contribution in [3.05, 3.63) is 0 Å². The summed E-state index contributed by atoms with van der Waals surface area (Å²) in [6.45, 7) is 2.16. The molecule has 3 atom stereocenters. The Morgan fingerprint density at radius 2 is 2.33 bits per heavy atom. The normalized spacial score (nSPS) is 27.4. The fourth-order valence-corrected chi connectivity index (χ4v) is 1.71. The van der Waals surface area contributed by atoms with E-state index in [0.29, 0.717) is 18.7 Å². The number of thiol groups is 1. The van der Waals surface area contributed by atoms with Gasteiger partial charge in [0.05, 0.1) is 12.1 Å². The Labute approximate surface area is 94.6 Å². The number of amides is 1. The highest BCUT2D eigenvalue weighted by atomic mass is 32.1. The molecule has 15 heavy (non-hydrogen) atoms. The Kier molecular flexibility index (Phi) is 4.56. The van der Waals surface area contributed by atoms with E-state index in [1.165, 1.54) is 0 Å². The van der Waals surface area contributed by atoms with Gasteiger partial charge in [-0.1, -0.05) is 0 Å². The molecule has 0 aromatic heterocycles. The maximum absolute atomic E-state index is 11.4. The minimum Gasteiger partial charge on any atom is -0.351 e. The van der Waals surface area contributed by atoms with Gasteiger partial charge in [-0.25, -0.2) is 0 Å². The summed E-state index contributed by atoms with van der Waals surface area (Å²) in [5.41, 5.74) is 5.51. The Balaban J connectivity index is 2.36. The summed E-state index contributed by atoms with van der Waals surface area (Å²) in [5.74, 6) is 0.216. The van der Waals surface area contributed by atoms with Crippen molar-refractivity contribution in [2.24, 2.45) is 5.73 Å². The number of carbonyl (C=O) groups excluding carboxylic acids is 2. The molecule has 0 bridgehead atoms. The van der Waals surface area contributed by atoms with Crippen LogP contribution in [-0.2, 0) is 9.59 Å². The monoisotopic (exact) mass is 231 g/mol. The lowest BCUT2D eigenvalue weighted by Gasteiger charge is -2.14. The molecule has 4 N–H and O–H groups in total. The maximum atomic E-state index is 11.4. The molecule has 6 heteroatoms. The third-order valence-electron chi connectivity index (χ3n) is 2.50. The number of Topliss-reactive ketones (excluding diaryl/α,β-unsaturated/α-hetero) is 1. The molecule has 1 saturated heterocycles. The summed E-state index contributed by atoms with van der Waals surface area (Å²) in [6.07, 6.45) is 0.639. The number of nitrogens with one attached hydrogen (secondary N) is 2. The van der Waals surface area contributed by atoms with Crippen LogP contribution in [0.2, 0.25) is 0 Å². The van der Waals surface area contributed by atoms with Crippen LogP contribution in [0.15, 0.2) is 0 Å². The van der Waals surface area contributed by atoms with E-state index in [2.05, 4.69) is 23.3 Å². The highest BCUT2D eigenvalue weighted by molar-refractivity contribution is 7.80. The van der Waals surface area contributed by atoms with Crippen LogP contribution in [0.5, 0.6) is 0 Å². The summed E-state index contributed by atoms with van der Waals surface area (Å²) in [5, 5.41) is 5.83. The third kappa shape index (κ3) is 3.48. The average Bonchev–Trinajstić information content (AvgIpc) is 2.65. The van der Waals surface area contributed by atoms with Gasteiger partial charge in [-0.2, -0.15) is 12.6 Å². The fourth-order valence-electron chi connectivity index (χ4n) is 1.55. The van der Waals surface area contributed by atoms with Crippen LogP contribution in [0.25, 0.3) is 0 Å². The minimum absolute atomic E-state index is 0.00247. The number of hydrogen-bond donors (Lipinski definition) is 4. The zero-order valence-corrected chi connectivity index (χ0v) is 9.59. The Morgan fingerprint density at radius 1 is 1.67 bits per heavy atom. The number of nitrogens with two attached hydrogens (primary N) is 1. The van der Waals surface area contributed by atoms with Gasteiger partial charge in [0.2, 0.25) is 5.91 Å². The average molecular weight is 231 g/mol. The van der Waals surface area contributed by atoms with Crippen LogP contribution < -0.4 is 16.4 Å². The topological polar surface area (TPSA) is 84.2 Å². The van der Waals surface area contributed by atoms with Gasteiger partial charge in [-0.3, -0.25) is 9.59 Å². The van der Waals surface area contributed by atoms with Crippen molar-refractivity contribution in [2.75, 3.05) is 12.3 Å². The highest BCUT2D eigenvalue weighted by Crippen LogP contribution is 2.07. The van der Waals surface area contributed by atoms with Crippen molar-refractivity contribution in [3.63, 3.8) is 0 Å². The molecule has 1 aliphatic heterocycles. The summed E-state index contributed by atoms with van der Waals surface area (Å²) < 4.78 is 0. The second kappa shape index (κ2) is 5.48. The van der Waals surface area contributed by atoms with Crippen LogP contribution in [-0.4, -0.2) is 42.1 Å². The quantitative estimate of drug-likeness (QED) is 0.452. The van der Waals surface area contributed by atoms with Crippen molar-refractivity contribution >= 4 is 24.3 Å². The third-order valence-corrected chi connectivity index (χ3v) is 2.89. The van der Waals surface area contributed by atoms with Gasteiger partial charge >= 0.3 is 0 Å². The SMILES string of the molecule is CC(=O)[C@@H]1C[C@@H](NC(=O)C(N)CS)CN1. The Bertz CT molecular complexity index is 260. The smallest absolute Gasteiger partial charge is 0.238 e. The first-order valence-corrected chi connectivity index (χ1v) is 5.58. The molecule has 5 nitrogen and oxygen atoms in total. The molecule has 1 aliphatic rings. The van der Waals surface area contributed by atoms with E-state index in [9.17, 15) is 9.59 Å². The lowest BCUT2D eigenvalue weighted by atomic mass is 10.1. The van der Waals surface area contributed by atoms with E-state index in [-0.39, 0.29) is 23.8 Å². The second-order valence-electron chi connectivity index (χ2n) is 3.80. The van der Waals surface area contributed by atoms with Crippen LogP contribution in [0.4, 0.5) is 0 Å². The Hall–Kier alpha value is -0.590. The molecule has 1 unspecified atom stereocenters. The van der Waals surface area contributed by atoms with E-state index < -0.39 is 6.04 Å². The molecule has 86 valence electrons. The molecule has 0 aliphatic carbocycles. The summed E-state index contributed by atoms with van der Waals surface area (Å²) in [7, 11) is 0. The second-order valence-corrected chi connectivity index (χ2v) is 4.17. The van der Waals surface area contributed by atoms with Crippen molar-refractivity contribution in [3.8, 4) is 0 Å². The lowest BCUT2D eigenvalue weighted by molar-refractivity contribution is -0.123. The van der Waals surface area contributed by atoms with Gasteiger partial charge in [-0.15, -0.1) is 0 Å². The zero-order chi connectivity index (χ0) is 11.4. The molecule has 1 fully saturated rings. The van der Waals surface area contributed by atoms with E-state index >= 15 is 0 Å². The van der Waals surface area contributed by atoms with Crippen molar-refractivity contribution in [1.29, 1.82) is 0 Å². The van der Waals surface area contributed by atoms with Crippen LogP contribution in [0.3, 0.4) is 0 Å². The van der Waals surface area contributed by atoms with Gasteiger partial charge in [0.1, 0.15) is 5.78 Å². The van der Waals surface area contributed by atoms with Crippen LogP contribution in [0.1, 0.15) is 13.3 Å². The van der Waals surface area contributed by atoms with Gasteiger partial charge < -0.3 is 16.4 Å². The molecular formula is C9H17N3O2S. The largest absolute Gasteiger partial charge is 0.351 e. The molecule has 0 aromatic rings. The number of ketones is 1. The molecule has 0 aromatic carbocycles. The highest BCUT2D eigenvalue weighted by Gasteiger charge is 2.28. The van der Waals surface area contributed by atoms with E-state index in [1.807, 2.05) is 0 Å². The lowest BCUT2D eigenvalue weighted by Crippen LogP contribution is -2.46. The zero-order valence-electron chi connectivity index (χ0n) is 8.69. The number of carbonyl (C=O) groups is 2. The summed E-state index contributed by atoms with van der Waals surface area (Å²) >= 11 is 3.95. The molecule has 1 rings (SSSR count). The van der Waals surface area contributed by atoms with Gasteiger partial charge in [0.25, 0.3) is 0 Å². The van der Waals surface area contributed by atoms with Crippen LogP contribution >= 0.6 is 12.6 Å². The number of rotatable bonds is 4. The van der Waals surface area contributed by atoms with Gasteiger partial charge in [0, 0.05) is 18.3 Å². The summed E-state index contributed by atoms with van der Waals surface area (Å²) in [4.78, 5) is 22.5. The molecule has 0 saturated carbocycles.